The maximum atomic E-state index is 12.3. The van der Waals surface area contributed by atoms with Crippen LogP contribution in [-0.4, -0.2) is 24.1 Å². The number of aryl methyl sites for hydroxylation is 1. The number of nitrogens with one attached hydrogen (secondary N) is 1. The summed E-state index contributed by atoms with van der Waals surface area (Å²) < 4.78 is 5.44. The molecule has 0 radical (unpaired) electrons. The molecular formula is C23H21NO3S. The number of hydrogen-bond acceptors (Lipinski definition) is 4. The number of hydrogen-bond donors (Lipinski definition) is 1. The number of anilines is 1. The standard InChI is InChI=1S/C23H21NO3S/c1-17-10-12-18(13-11-17)22(25)16-28-21-9-5-6-19(14-21)24-23(26)15-27-20-7-3-2-4-8-20/h2-14H,15-16H2,1H3,(H,24,26). The highest BCUT2D eigenvalue weighted by Gasteiger charge is 2.08. The van der Waals surface area contributed by atoms with Gasteiger partial charge >= 0.3 is 0 Å². The van der Waals surface area contributed by atoms with Gasteiger partial charge in [0.2, 0.25) is 0 Å². The summed E-state index contributed by atoms with van der Waals surface area (Å²) in [6.45, 7) is 1.93. The van der Waals surface area contributed by atoms with Crippen LogP contribution in [-0.2, 0) is 4.79 Å². The lowest BCUT2D eigenvalue weighted by Crippen LogP contribution is -2.20. The van der Waals surface area contributed by atoms with Crippen molar-refractivity contribution in [3.8, 4) is 5.75 Å². The lowest BCUT2D eigenvalue weighted by Gasteiger charge is -2.09. The molecule has 28 heavy (non-hydrogen) atoms. The molecule has 3 aromatic rings. The van der Waals surface area contributed by atoms with Crippen molar-refractivity contribution in [2.45, 2.75) is 11.8 Å². The monoisotopic (exact) mass is 391 g/mol. The lowest BCUT2D eigenvalue weighted by molar-refractivity contribution is -0.118. The number of rotatable bonds is 8. The Labute approximate surface area is 168 Å². The first-order chi connectivity index (χ1) is 13.6. The Balaban J connectivity index is 1.51. The van der Waals surface area contributed by atoms with E-state index in [1.165, 1.54) is 11.8 Å². The largest absolute Gasteiger partial charge is 0.484 e. The van der Waals surface area contributed by atoms with Crippen molar-refractivity contribution < 1.29 is 14.3 Å². The van der Waals surface area contributed by atoms with Gasteiger partial charge in [0.1, 0.15) is 5.75 Å². The third-order valence-corrected chi connectivity index (χ3v) is 4.97. The molecule has 0 fully saturated rings. The number of Topliss-reactive ketones (excluding diaryl/α,β-unsaturated/α-hetero) is 1. The van der Waals surface area contributed by atoms with Crippen LogP contribution < -0.4 is 10.1 Å². The molecular weight excluding hydrogens is 370 g/mol. The Kier molecular flexibility index (Phi) is 6.87. The Bertz CT molecular complexity index is 940. The van der Waals surface area contributed by atoms with Crippen molar-refractivity contribution in [1.29, 1.82) is 0 Å². The number of ether oxygens (including phenoxy) is 1. The molecule has 0 saturated carbocycles. The highest BCUT2D eigenvalue weighted by molar-refractivity contribution is 8.00. The van der Waals surface area contributed by atoms with Crippen LogP contribution >= 0.6 is 11.8 Å². The van der Waals surface area contributed by atoms with Gasteiger partial charge in [-0.3, -0.25) is 9.59 Å². The second-order valence-electron chi connectivity index (χ2n) is 6.26. The van der Waals surface area contributed by atoms with Crippen LogP contribution in [0.4, 0.5) is 5.69 Å². The molecule has 0 saturated heterocycles. The van der Waals surface area contributed by atoms with E-state index in [1.807, 2.05) is 73.7 Å². The number of thioether (sulfide) groups is 1. The second kappa shape index (κ2) is 9.76. The molecule has 1 N–H and O–H groups in total. The number of amides is 1. The number of carbonyl (C=O) groups excluding carboxylic acids is 2. The summed E-state index contributed by atoms with van der Waals surface area (Å²) in [4.78, 5) is 25.3. The van der Waals surface area contributed by atoms with Crippen molar-refractivity contribution in [2.75, 3.05) is 17.7 Å². The highest BCUT2D eigenvalue weighted by Crippen LogP contribution is 2.23. The molecule has 0 aliphatic heterocycles. The topological polar surface area (TPSA) is 55.4 Å². The quantitative estimate of drug-likeness (QED) is 0.434. The van der Waals surface area contributed by atoms with Gasteiger partial charge in [-0.15, -0.1) is 11.8 Å². The lowest BCUT2D eigenvalue weighted by atomic mass is 10.1. The van der Waals surface area contributed by atoms with Gasteiger partial charge in [-0.25, -0.2) is 0 Å². The van der Waals surface area contributed by atoms with E-state index in [0.717, 1.165) is 10.5 Å². The third kappa shape index (κ3) is 5.99. The Morgan fingerprint density at radius 1 is 0.929 bits per heavy atom. The van der Waals surface area contributed by atoms with E-state index in [2.05, 4.69) is 5.32 Å². The van der Waals surface area contributed by atoms with Gasteiger partial charge in [-0.1, -0.05) is 54.1 Å². The molecule has 0 aliphatic carbocycles. The van der Waals surface area contributed by atoms with E-state index in [-0.39, 0.29) is 18.3 Å². The highest BCUT2D eigenvalue weighted by atomic mass is 32.2. The fourth-order valence-corrected chi connectivity index (χ4v) is 3.35. The van der Waals surface area contributed by atoms with Crippen LogP contribution in [0, 0.1) is 6.92 Å². The van der Waals surface area contributed by atoms with Gasteiger partial charge in [-0.2, -0.15) is 0 Å². The normalized spacial score (nSPS) is 10.3. The molecule has 142 valence electrons. The fraction of sp³-hybridized carbons (Fsp3) is 0.130. The number of carbonyl (C=O) groups is 2. The van der Waals surface area contributed by atoms with Crippen molar-refractivity contribution in [2.24, 2.45) is 0 Å². The summed E-state index contributed by atoms with van der Waals surface area (Å²) in [6.07, 6.45) is 0. The van der Waals surface area contributed by atoms with Gasteiger partial charge in [-0.05, 0) is 37.3 Å². The Morgan fingerprint density at radius 3 is 2.43 bits per heavy atom. The zero-order valence-corrected chi connectivity index (χ0v) is 16.4. The second-order valence-corrected chi connectivity index (χ2v) is 7.30. The summed E-state index contributed by atoms with van der Waals surface area (Å²) in [5.74, 6) is 0.839. The summed E-state index contributed by atoms with van der Waals surface area (Å²) in [6, 6.07) is 24.2. The minimum Gasteiger partial charge on any atom is -0.484 e. The van der Waals surface area contributed by atoms with Crippen LogP contribution in [0.2, 0.25) is 0 Å². The molecule has 1 amide bonds. The minimum atomic E-state index is -0.235. The first-order valence-corrected chi connectivity index (χ1v) is 9.89. The maximum Gasteiger partial charge on any atom is 0.262 e. The summed E-state index contributed by atoms with van der Waals surface area (Å²) in [7, 11) is 0. The molecule has 4 nitrogen and oxygen atoms in total. The van der Waals surface area contributed by atoms with E-state index >= 15 is 0 Å². The third-order valence-electron chi connectivity index (χ3n) is 3.97. The zero-order chi connectivity index (χ0) is 19.8. The average molecular weight is 391 g/mol. The zero-order valence-electron chi connectivity index (χ0n) is 15.6. The van der Waals surface area contributed by atoms with Gasteiger partial charge in [0.25, 0.3) is 5.91 Å². The minimum absolute atomic E-state index is 0.0622. The van der Waals surface area contributed by atoms with E-state index in [0.29, 0.717) is 22.8 Å². The van der Waals surface area contributed by atoms with E-state index in [1.54, 1.807) is 12.1 Å². The SMILES string of the molecule is Cc1ccc(C(=O)CSc2cccc(NC(=O)COc3ccccc3)c2)cc1. The van der Waals surface area contributed by atoms with Crippen LogP contribution in [0.25, 0.3) is 0 Å². The van der Waals surface area contributed by atoms with Crippen LogP contribution in [0.5, 0.6) is 5.75 Å². The Hall–Kier alpha value is -3.05. The molecule has 0 bridgehead atoms. The van der Waals surface area contributed by atoms with Crippen molar-refractivity contribution in [3.63, 3.8) is 0 Å². The number of para-hydroxylation sites is 1. The summed E-state index contributed by atoms with van der Waals surface area (Å²) >= 11 is 1.45. The van der Waals surface area contributed by atoms with E-state index < -0.39 is 0 Å². The summed E-state index contributed by atoms with van der Waals surface area (Å²) in [5, 5.41) is 2.82. The molecule has 0 aromatic heterocycles. The molecule has 0 spiro atoms. The maximum absolute atomic E-state index is 12.3. The molecule has 0 aliphatic rings. The van der Waals surface area contributed by atoms with Crippen molar-refractivity contribution in [3.05, 3.63) is 90.0 Å². The molecule has 5 heteroatoms. The van der Waals surface area contributed by atoms with Gasteiger partial charge in [0, 0.05) is 16.1 Å². The Morgan fingerprint density at radius 2 is 1.68 bits per heavy atom. The molecule has 0 heterocycles. The number of ketones is 1. The van der Waals surface area contributed by atoms with Crippen molar-refractivity contribution in [1.82, 2.24) is 0 Å². The van der Waals surface area contributed by atoms with Crippen LogP contribution in [0.1, 0.15) is 15.9 Å². The van der Waals surface area contributed by atoms with Gasteiger partial charge in [0.15, 0.2) is 12.4 Å². The predicted octanol–water partition coefficient (Wildman–Crippen LogP) is 4.99. The fourth-order valence-electron chi connectivity index (χ4n) is 2.50. The smallest absolute Gasteiger partial charge is 0.262 e. The first-order valence-electron chi connectivity index (χ1n) is 8.90. The summed E-state index contributed by atoms with van der Waals surface area (Å²) in [5.41, 5.74) is 2.51. The van der Waals surface area contributed by atoms with Crippen molar-refractivity contribution >= 4 is 29.1 Å². The molecule has 0 unspecified atom stereocenters. The number of benzene rings is 3. The average Bonchev–Trinajstić information content (AvgIpc) is 2.72. The molecule has 0 atom stereocenters. The van der Waals surface area contributed by atoms with Crippen LogP contribution in [0.15, 0.2) is 83.8 Å². The van der Waals surface area contributed by atoms with E-state index in [9.17, 15) is 9.59 Å². The first kappa shape index (κ1) is 19.7. The van der Waals surface area contributed by atoms with E-state index in [4.69, 9.17) is 4.74 Å². The van der Waals surface area contributed by atoms with Gasteiger partial charge < -0.3 is 10.1 Å². The van der Waals surface area contributed by atoms with Gasteiger partial charge in [0.05, 0.1) is 5.75 Å². The van der Waals surface area contributed by atoms with Crippen LogP contribution in [0.3, 0.4) is 0 Å². The molecule has 3 aromatic carbocycles. The molecule has 3 rings (SSSR count). The predicted molar refractivity (Wildman–Crippen MR) is 113 cm³/mol.